The van der Waals surface area contributed by atoms with Gasteiger partial charge >= 0.3 is 0 Å². The van der Waals surface area contributed by atoms with Gasteiger partial charge in [0, 0.05) is 19.5 Å². The van der Waals surface area contributed by atoms with Crippen molar-refractivity contribution < 1.29 is 28.0 Å². The third-order valence-corrected chi connectivity index (χ3v) is 6.56. The summed E-state index contributed by atoms with van der Waals surface area (Å²) in [6, 6.07) is -3.45. The maximum Gasteiger partial charge on any atom is 0.289 e. The minimum atomic E-state index is -2.93. The van der Waals surface area contributed by atoms with E-state index in [0.717, 1.165) is 12.8 Å². The second-order valence-electron chi connectivity index (χ2n) is 10.3. The minimum absolute atomic E-state index is 0.0256. The molecule has 2 fully saturated rings. The minimum Gasteiger partial charge on any atom is -0.386 e. The van der Waals surface area contributed by atoms with Crippen LogP contribution in [0.3, 0.4) is 0 Å². The molecular formula is C24H37F2N5O4. The average Bonchev–Trinajstić information content (AvgIpc) is 3.34. The zero-order valence-corrected chi connectivity index (χ0v) is 20.6. The highest BCUT2D eigenvalue weighted by atomic mass is 19.3. The Morgan fingerprint density at radius 2 is 1.83 bits per heavy atom. The van der Waals surface area contributed by atoms with Crippen LogP contribution < -0.4 is 21.7 Å². The Hall–Kier alpha value is -2.98. The van der Waals surface area contributed by atoms with Gasteiger partial charge in [0.15, 0.2) is 0 Å². The monoisotopic (exact) mass is 497 g/mol. The molecule has 0 spiro atoms. The van der Waals surface area contributed by atoms with Crippen molar-refractivity contribution in [3.63, 3.8) is 0 Å². The number of alkyl halides is 2. The second kappa shape index (κ2) is 11.6. The van der Waals surface area contributed by atoms with E-state index in [1.165, 1.54) is 11.0 Å². The number of nitrogens with one attached hydrogen (secondary N) is 3. The summed E-state index contributed by atoms with van der Waals surface area (Å²) in [5.41, 5.74) is 5.14. The molecule has 1 saturated heterocycles. The van der Waals surface area contributed by atoms with E-state index in [4.69, 9.17) is 5.73 Å². The quantitative estimate of drug-likeness (QED) is 0.249. The van der Waals surface area contributed by atoms with E-state index in [-0.39, 0.29) is 30.1 Å². The summed E-state index contributed by atoms with van der Waals surface area (Å²) >= 11 is 0. The summed E-state index contributed by atoms with van der Waals surface area (Å²) in [5, 5.41) is 7.49. The third-order valence-electron chi connectivity index (χ3n) is 6.56. The van der Waals surface area contributed by atoms with E-state index < -0.39 is 54.0 Å². The average molecular weight is 498 g/mol. The number of hydrogen-bond donors (Lipinski definition) is 4. The van der Waals surface area contributed by atoms with E-state index in [9.17, 15) is 28.0 Å². The number of halogens is 2. The van der Waals surface area contributed by atoms with Crippen LogP contribution in [-0.2, 0) is 19.2 Å². The summed E-state index contributed by atoms with van der Waals surface area (Å²) in [6.45, 7) is 12.9. The molecule has 1 heterocycles. The van der Waals surface area contributed by atoms with Crippen molar-refractivity contribution in [1.29, 1.82) is 0 Å². The van der Waals surface area contributed by atoms with Crippen LogP contribution >= 0.6 is 0 Å². The predicted molar refractivity (Wildman–Crippen MR) is 127 cm³/mol. The molecule has 3 amide bonds. The van der Waals surface area contributed by atoms with Gasteiger partial charge in [-0.2, -0.15) is 0 Å². The number of carbonyl (C=O) groups is 4. The van der Waals surface area contributed by atoms with Crippen LogP contribution in [0.1, 0.15) is 46.5 Å². The van der Waals surface area contributed by atoms with Crippen LogP contribution in [0.2, 0.25) is 0 Å². The molecule has 9 nitrogen and oxygen atoms in total. The van der Waals surface area contributed by atoms with Gasteiger partial charge in [-0.05, 0) is 30.1 Å². The van der Waals surface area contributed by atoms with Gasteiger partial charge in [0.05, 0.1) is 5.82 Å². The number of fused-ring (bicyclic) bond motifs is 1. The Kier molecular flexibility index (Phi) is 9.39. The summed E-state index contributed by atoms with van der Waals surface area (Å²) in [5.74, 6) is -3.33. The number of hydrogen-bond acceptors (Lipinski definition) is 6. The van der Waals surface area contributed by atoms with Gasteiger partial charge in [0.2, 0.25) is 24.0 Å². The van der Waals surface area contributed by atoms with Gasteiger partial charge in [0.1, 0.15) is 18.1 Å². The molecule has 1 saturated carbocycles. The van der Waals surface area contributed by atoms with E-state index in [2.05, 4.69) is 29.1 Å². The van der Waals surface area contributed by atoms with Gasteiger partial charge in [-0.3, -0.25) is 19.2 Å². The van der Waals surface area contributed by atoms with E-state index in [0.29, 0.717) is 13.0 Å². The van der Waals surface area contributed by atoms with Crippen molar-refractivity contribution >= 4 is 23.5 Å². The molecule has 11 heteroatoms. The molecule has 2 rings (SSSR count). The molecule has 1 aliphatic heterocycles. The molecule has 5 N–H and O–H groups in total. The van der Waals surface area contributed by atoms with Crippen molar-refractivity contribution in [3.8, 4) is 0 Å². The van der Waals surface area contributed by atoms with Gasteiger partial charge in [-0.25, -0.2) is 8.78 Å². The summed E-state index contributed by atoms with van der Waals surface area (Å²) < 4.78 is 26.4. The van der Waals surface area contributed by atoms with Gasteiger partial charge in [-0.15, -0.1) is 6.58 Å². The largest absolute Gasteiger partial charge is 0.386 e. The van der Waals surface area contributed by atoms with E-state index in [1.807, 2.05) is 20.8 Å². The topological polar surface area (TPSA) is 134 Å². The first-order valence-corrected chi connectivity index (χ1v) is 11.8. The highest BCUT2D eigenvalue weighted by molar-refractivity contribution is 6.38. The number of Topliss-reactive ketones (excluding diaryl/α,β-unsaturated/α-hetero) is 1. The number of ketones is 1. The molecular weight excluding hydrogens is 460 g/mol. The van der Waals surface area contributed by atoms with Crippen molar-refractivity contribution in [2.24, 2.45) is 23.0 Å². The molecule has 2 aliphatic rings. The summed E-state index contributed by atoms with van der Waals surface area (Å²) in [6.07, 6.45) is -0.202. The van der Waals surface area contributed by atoms with Crippen LogP contribution in [0, 0.1) is 17.3 Å². The lowest BCUT2D eigenvalue weighted by Crippen LogP contribution is -2.59. The molecule has 196 valence electrons. The lowest BCUT2D eigenvalue weighted by Gasteiger charge is -2.37. The highest BCUT2D eigenvalue weighted by Crippen LogP contribution is 2.43. The normalized spacial score (nSPS) is 23.3. The standard InChI is InChI=1S/C24H37F2N5O4/c1-6-10-28-22(34)19(32)16(11-17(25)26)30-21(33)18-15-9-7-8-14(15)12-31(18)23(35)20(24(3,4)5)29-13(2)27/h6,14-18,20,29H,1-2,7-12,27H2,3-5H3,(H,28,34)(H,30,33)/t14-,15-,16-,18-,20+/m0/s1. The van der Waals surface area contributed by atoms with Crippen LogP contribution in [0.4, 0.5) is 8.78 Å². The summed E-state index contributed by atoms with van der Waals surface area (Å²) in [7, 11) is 0. The molecule has 1 aliphatic carbocycles. The number of nitrogens with zero attached hydrogens (tertiary/aromatic N) is 1. The zero-order chi connectivity index (χ0) is 26.5. The van der Waals surface area contributed by atoms with Gasteiger partial charge in [-0.1, -0.05) is 39.8 Å². The van der Waals surface area contributed by atoms with Gasteiger partial charge < -0.3 is 26.6 Å². The van der Waals surface area contributed by atoms with Crippen LogP contribution in [-0.4, -0.2) is 66.0 Å². The summed E-state index contributed by atoms with van der Waals surface area (Å²) in [4.78, 5) is 53.1. The Labute approximate surface area is 204 Å². The first kappa shape index (κ1) is 28.3. The van der Waals surface area contributed by atoms with Crippen molar-refractivity contribution in [2.45, 2.75) is 71.0 Å². The smallest absolute Gasteiger partial charge is 0.289 e. The molecule has 0 bridgehead atoms. The van der Waals surface area contributed by atoms with Crippen molar-refractivity contribution in [3.05, 3.63) is 25.1 Å². The fourth-order valence-electron chi connectivity index (χ4n) is 4.95. The van der Waals surface area contributed by atoms with Crippen molar-refractivity contribution in [2.75, 3.05) is 13.1 Å². The number of nitrogens with two attached hydrogens (primary N) is 1. The third kappa shape index (κ3) is 7.02. The van der Waals surface area contributed by atoms with E-state index in [1.54, 1.807) is 0 Å². The van der Waals surface area contributed by atoms with Gasteiger partial charge in [0.25, 0.3) is 5.91 Å². The molecule has 0 aromatic carbocycles. The first-order valence-electron chi connectivity index (χ1n) is 11.8. The lowest BCUT2D eigenvalue weighted by molar-refractivity contribution is -0.145. The molecule has 0 unspecified atom stereocenters. The SMILES string of the molecule is C=CCNC(=O)C(=O)[C@H](CC(F)F)NC(=O)[C@@H]1[C@H]2CCC[C@H]2CN1C(=O)[C@@H](NC(=C)N)C(C)(C)C. The maximum absolute atomic E-state index is 13.6. The van der Waals surface area contributed by atoms with E-state index >= 15 is 0 Å². The number of likely N-dealkylation sites (tertiary alicyclic amines) is 1. The molecule has 35 heavy (non-hydrogen) atoms. The molecule has 0 aromatic rings. The molecule has 0 aromatic heterocycles. The Morgan fingerprint density at radius 3 is 2.37 bits per heavy atom. The Morgan fingerprint density at radius 1 is 1.17 bits per heavy atom. The fraction of sp³-hybridized carbons (Fsp3) is 0.667. The Bertz CT molecular complexity index is 857. The second-order valence-corrected chi connectivity index (χ2v) is 10.3. The highest BCUT2D eigenvalue weighted by Gasteiger charge is 2.52. The number of carbonyl (C=O) groups excluding carboxylic acids is 4. The van der Waals surface area contributed by atoms with Crippen LogP contribution in [0.25, 0.3) is 0 Å². The zero-order valence-electron chi connectivity index (χ0n) is 20.6. The predicted octanol–water partition coefficient (Wildman–Crippen LogP) is 1.06. The Balaban J connectivity index is 2.31. The number of amides is 3. The van der Waals surface area contributed by atoms with Crippen molar-refractivity contribution in [1.82, 2.24) is 20.9 Å². The first-order chi connectivity index (χ1) is 16.3. The molecule has 0 radical (unpaired) electrons. The number of rotatable bonds is 11. The molecule has 5 atom stereocenters. The van der Waals surface area contributed by atoms with Crippen LogP contribution in [0.15, 0.2) is 25.1 Å². The lowest BCUT2D eigenvalue weighted by atomic mass is 9.85. The maximum atomic E-state index is 13.6. The van der Waals surface area contributed by atoms with Crippen LogP contribution in [0.5, 0.6) is 0 Å². The fourth-order valence-corrected chi connectivity index (χ4v) is 4.95.